The Morgan fingerprint density at radius 1 is 0.645 bits per heavy atom. The molecule has 3 fully saturated rings. The molecule has 7 rings (SSSR count). The first-order chi connectivity index (χ1) is 34.3. The highest BCUT2D eigenvalue weighted by Gasteiger charge is 2.47. The molecule has 0 saturated heterocycles. The van der Waals surface area contributed by atoms with Crippen LogP contribution >= 0.6 is 26.6 Å². The van der Waals surface area contributed by atoms with Crippen LogP contribution in [-0.4, -0.2) is 126 Å². The number of carbonyl (C=O) groups excluding carboxylic acids is 3. The first kappa shape index (κ1) is 64.1. The molecule has 0 bridgehead atoms. The van der Waals surface area contributed by atoms with Gasteiger partial charge in [-0.25, -0.2) is 40.1 Å². The highest BCUT2D eigenvalue weighted by atomic mass is 35.5. The topological polar surface area (TPSA) is 370 Å². The molecule has 0 radical (unpaired) electrons. The molecule has 428 valence electrons. The standard InChI is InChI=1S/C29H48N7O6P.C10H17ClO2.C9H14N5O4P.H3N/c1-18(14-36-16-33-21-22(30)31-15-32-23(21)36)40-17-43(39,34-28(6,7)24(37)41-19-10-26(2,3)11-19)35-29(8,9)25(38)42-20-12-27(4,5)13-20;1-9(2)5-7(6-9)13-8(12)10(3,4)11;1-6(18-5-19(15,16)17)2-14-4-13-7-8(10)11-3-12-9(7)14;/h15-16,18-20H,10-14,17H2,1-9H3,(H2,30,31,32)(H2,34,35,39);7H,5-6H2,1-4H3;3-4,6H,2,5H2,1H3,(H2,10,11,12)(H2,15,16,17);1H3/t18-;;6-;/m1.1./s1. The van der Waals surface area contributed by atoms with Crippen molar-refractivity contribution in [2.45, 2.75) is 195 Å². The fourth-order valence-electron chi connectivity index (χ4n) is 8.92. The first-order valence-electron chi connectivity index (χ1n) is 24.9. The molecule has 0 aromatic carbocycles. The summed E-state index contributed by atoms with van der Waals surface area (Å²) in [5, 5.41) is 5.96. The molecule has 76 heavy (non-hydrogen) atoms. The van der Waals surface area contributed by atoms with E-state index in [0.717, 1.165) is 38.5 Å². The molecule has 0 spiro atoms. The molecule has 0 unspecified atom stereocenters. The van der Waals surface area contributed by atoms with E-state index in [2.05, 4.69) is 81.6 Å². The molecule has 4 aromatic heterocycles. The van der Waals surface area contributed by atoms with Crippen LogP contribution in [-0.2, 0) is 60.3 Å². The molecule has 0 aliphatic heterocycles. The highest BCUT2D eigenvalue weighted by Crippen LogP contribution is 2.46. The van der Waals surface area contributed by atoms with Gasteiger partial charge in [-0.3, -0.25) is 23.5 Å². The van der Waals surface area contributed by atoms with Crippen molar-refractivity contribution in [2.75, 3.05) is 24.2 Å². The Kier molecular flexibility index (Phi) is 20.5. The second-order valence-electron chi connectivity index (χ2n) is 24.0. The van der Waals surface area contributed by atoms with Crippen molar-refractivity contribution in [3.05, 3.63) is 25.3 Å². The number of esters is 3. The third-order valence-electron chi connectivity index (χ3n) is 12.8. The van der Waals surface area contributed by atoms with Crippen molar-refractivity contribution in [3.8, 4) is 0 Å². The molecule has 4 heterocycles. The van der Waals surface area contributed by atoms with Gasteiger partial charge in [0.2, 0.25) is 7.44 Å². The number of rotatable bonds is 20. The predicted molar refractivity (Wildman–Crippen MR) is 288 cm³/mol. The number of alkyl halides is 1. The number of hydrogen-bond donors (Lipinski definition) is 7. The van der Waals surface area contributed by atoms with Crippen LogP contribution in [0, 0.1) is 16.2 Å². The average Bonchev–Trinajstić information content (AvgIpc) is 3.85. The minimum absolute atomic E-state index is 0. The summed E-state index contributed by atoms with van der Waals surface area (Å²) in [4.78, 5) is 78.8. The Labute approximate surface area is 450 Å². The largest absolute Gasteiger partial charge is 0.461 e. The lowest BCUT2D eigenvalue weighted by Gasteiger charge is -2.44. The van der Waals surface area contributed by atoms with Crippen LogP contribution in [0.25, 0.3) is 22.3 Å². The molecule has 3 saturated carbocycles. The lowest BCUT2D eigenvalue weighted by Crippen LogP contribution is -2.55. The molecule has 28 heteroatoms. The molecule has 0 amide bonds. The maximum Gasteiger partial charge on any atom is 0.350 e. The highest BCUT2D eigenvalue weighted by molar-refractivity contribution is 7.59. The predicted octanol–water partition coefficient (Wildman–Crippen LogP) is 7.01. The number of imidazole rings is 2. The van der Waals surface area contributed by atoms with Crippen LogP contribution < -0.4 is 27.8 Å². The van der Waals surface area contributed by atoms with Gasteiger partial charge >= 0.3 is 25.5 Å². The van der Waals surface area contributed by atoms with E-state index in [1.807, 2.05) is 6.92 Å². The number of carbonyl (C=O) groups is 3. The average molecular weight is 1130 g/mol. The normalized spacial score (nSPS) is 18.5. The molecule has 11 N–H and O–H groups in total. The van der Waals surface area contributed by atoms with Crippen molar-refractivity contribution >= 4 is 78.5 Å². The third kappa shape index (κ3) is 18.3. The summed E-state index contributed by atoms with van der Waals surface area (Å²) in [5.41, 5.74) is 11.5. The summed E-state index contributed by atoms with van der Waals surface area (Å²) in [6.45, 7) is 26.8. The quantitative estimate of drug-likeness (QED) is 0.0202. The van der Waals surface area contributed by atoms with Crippen molar-refractivity contribution in [1.29, 1.82) is 0 Å². The maximum absolute atomic E-state index is 14.5. The lowest BCUT2D eigenvalue weighted by molar-refractivity contribution is -0.165. The van der Waals surface area contributed by atoms with Gasteiger partial charge in [-0.05, 0) is 110 Å². The summed E-state index contributed by atoms with van der Waals surface area (Å²) >= 11 is 5.81. The van der Waals surface area contributed by atoms with Crippen molar-refractivity contribution in [3.63, 3.8) is 0 Å². The van der Waals surface area contributed by atoms with Gasteiger partial charge in [0, 0.05) is 0 Å². The van der Waals surface area contributed by atoms with E-state index in [9.17, 15) is 23.5 Å². The zero-order valence-corrected chi connectivity index (χ0v) is 49.0. The summed E-state index contributed by atoms with van der Waals surface area (Å²) in [6.07, 6.45) is 8.70. The van der Waals surface area contributed by atoms with Crippen LogP contribution in [0.4, 0.5) is 11.6 Å². The number of nitrogens with two attached hydrogens (primary N) is 2. The Morgan fingerprint density at radius 2 is 0.974 bits per heavy atom. The van der Waals surface area contributed by atoms with Gasteiger partial charge in [0.25, 0.3) is 0 Å². The van der Waals surface area contributed by atoms with E-state index in [4.69, 9.17) is 56.5 Å². The summed E-state index contributed by atoms with van der Waals surface area (Å²) in [6, 6.07) is 0. The summed E-state index contributed by atoms with van der Waals surface area (Å²) in [5.74, 6) is -0.804. The SMILES string of the molecule is CC1(C)CC(OC(=O)C(C)(C)Cl)C1.C[C@H](Cn1cnc2c(N)ncnc21)OCP(=O)(NC(C)(C)C(=O)OC1CC(C)(C)C1)NC(C)(C)C(=O)OC1CC(C)(C)C1.C[C@H](Cn1cnc2c(N)ncnc21)OCP(=O)(O)O.N. The number of fused-ring (bicyclic) bond motifs is 2. The van der Waals surface area contributed by atoms with Gasteiger partial charge in [0.1, 0.15) is 70.6 Å². The number of nitrogens with zero attached hydrogens (tertiary/aromatic N) is 8. The monoisotopic (exact) mass is 1130 g/mol. The molecular formula is C48H82ClN13O12P2. The Bertz CT molecular complexity index is 2680. The van der Waals surface area contributed by atoms with E-state index in [1.165, 1.54) is 19.0 Å². The lowest BCUT2D eigenvalue weighted by atomic mass is 9.70. The molecule has 3 aliphatic rings. The number of halogens is 1. The molecule has 2 atom stereocenters. The maximum atomic E-state index is 14.5. The Balaban J connectivity index is 0.000000308. The zero-order chi connectivity index (χ0) is 56.3. The van der Waals surface area contributed by atoms with Gasteiger partial charge in [-0.1, -0.05) is 41.5 Å². The van der Waals surface area contributed by atoms with E-state index in [-0.39, 0.29) is 59.2 Å². The van der Waals surface area contributed by atoms with E-state index in [1.54, 1.807) is 63.9 Å². The van der Waals surface area contributed by atoms with Gasteiger partial charge in [0.15, 0.2) is 22.9 Å². The van der Waals surface area contributed by atoms with Crippen molar-refractivity contribution < 1.29 is 57.0 Å². The van der Waals surface area contributed by atoms with Gasteiger partial charge in [0.05, 0.1) is 38.0 Å². The molecule has 3 aliphatic carbocycles. The minimum atomic E-state index is -4.16. The first-order valence-corrected chi connectivity index (χ1v) is 28.9. The van der Waals surface area contributed by atoms with Crippen LogP contribution in [0.15, 0.2) is 25.3 Å². The Morgan fingerprint density at radius 3 is 1.29 bits per heavy atom. The van der Waals surface area contributed by atoms with Crippen molar-refractivity contribution in [2.24, 2.45) is 16.2 Å². The molecule has 25 nitrogen and oxygen atoms in total. The van der Waals surface area contributed by atoms with Crippen LogP contribution in [0.2, 0.25) is 0 Å². The smallest absolute Gasteiger partial charge is 0.350 e. The van der Waals surface area contributed by atoms with E-state index in [0.29, 0.717) is 40.8 Å². The fraction of sp³-hybridized carbons (Fsp3) is 0.729. The van der Waals surface area contributed by atoms with Crippen molar-refractivity contribution in [1.82, 2.24) is 55.4 Å². The molecular weight excluding hydrogens is 1050 g/mol. The second kappa shape index (κ2) is 24.3. The van der Waals surface area contributed by atoms with Gasteiger partial charge < -0.3 is 60.2 Å². The van der Waals surface area contributed by atoms with E-state index >= 15 is 0 Å². The number of anilines is 2. The second-order valence-corrected chi connectivity index (χ2v) is 28.7. The van der Waals surface area contributed by atoms with Crippen LogP contribution in [0.3, 0.4) is 0 Å². The Hall–Kier alpha value is -4.42. The van der Waals surface area contributed by atoms with Crippen LogP contribution in [0.5, 0.6) is 0 Å². The number of nitrogen functional groups attached to an aromatic ring is 2. The van der Waals surface area contributed by atoms with Gasteiger partial charge in [-0.15, -0.1) is 11.6 Å². The molecule has 4 aromatic rings. The summed E-state index contributed by atoms with van der Waals surface area (Å²) in [7, 11) is -7.94. The number of ether oxygens (including phenoxy) is 5. The third-order valence-corrected chi connectivity index (χ3v) is 15.8. The number of hydrogen-bond acceptors (Lipinski definition) is 19. The summed E-state index contributed by atoms with van der Waals surface area (Å²) < 4.78 is 56.5. The fourth-order valence-corrected chi connectivity index (χ4v) is 12.1. The van der Waals surface area contributed by atoms with Gasteiger partial charge in [-0.2, -0.15) is 0 Å². The number of aromatic nitrogens is 8. The number of nitrogens with one attached hydrogen (secondary N) is 2. The van der Waals surface area contributed by atoms with E-state index < -0.39 is 61.5 Å². The zero-order valence-electron chi connectivity index (χ0n) is 46.5. The van der Waals surface area contributed by atoms with Crippen LogP contribution in [0.1, 0.15) is 135 Å². The minimum Gasteiger partial charge on any atom is -0.461 e.